The van der Waals surface area contributed by atoms with E-state index in [9.17, 15) is 4.79 Å². The van der Waals surface area contributed by atoms with Crippen LogP contribution in [0.1, 0.15) is 60.9 Å². The summed E-state index contributed by atoms with van der Waals surface area (Å²) in [5, 5.41) is 0. The van der Waals surface area contributed by atoms with Crippen LogP contribution < -0.4 is 0 Å². The van der Waals surface area contributed by atoms with Gasteiger partial charge in [-0.25, -0.2) is 0 Å². The Labute approximate surface area is 110 Å². The molecule has 0 spiro atoms. The first-order valence-electron chi connectivity index (χ1n) is 7.46. The lowest BCUT2D eigenvalue weighted by atomic mass is 9.85. The maximum atomic E-state index is 11.9. The van der Waals surface area contributed by atoms with Crippen molar-refractivity contribution in [3.05, 3.63) is 35.4 Å². The molecule has 0 bridgehead atoms. The predicted molar refractivity (Wildman–Crippen MR) is 73.8 cm³/mol. The van der Waals surface area contributed by atoms with Gasteiger partial charge in [0.1, 0.15) is 0 Å². The fourth-order valence-electron chi connectivity index (χ4n) is 3.11. The zero-order valence-electron chi connectivity index (χ0n) is 11.0. The van der Waals surface area contributed by atoms with Gasteiger partial charge in [-0.1, -0.05) is 56.4 Å². The third-order valence-electron chi connectivity index (χ3n) is 4.44. The van der Waals surface area contributed by atoms with Crippen molar-refractivity contribution in [1.29, 1.82) is 0 Å². The lowest BCUT2D eigenvalue weighted by Gasteiger charge is -2.21. The van der Waals surface area contributed by atoms with Crippen LogP contribution in [0, 0.1) is 11.8 Å². The van der Waals surface area contributed by atoms with E-state index in [1.807, 2.05) is 12.1 Å². The Bertz CT molecular complexity index is 408. The van der Waals surface area contributed by atoms with Gasteiger partial charge in [0.15, 0.2) is 5.78 Å². The van der Waals surface area contributed by atoms with Crippen LogP contribution in [0.3, 0.4) is 0 Å². The zero-order chi connectivity index (χ0) is 12.4. The van der Waals surface area contributed by atoms with Gasteiger partial charge in [-0.15, -0.1) is 0 Å². The zero-order valence-corrected chi connectivity index (χ0v) is 11.0. The Hall–Kier alpha value is -1.11. The molecular weight excluding hydrogens is 220 g/mol. The summed E-state index contributed by atoms with van der Waals surface area (Å²) in [6.07, 6.45) is 10.4. The van der Waals surface area contributed by atoms with Gasteiger partial charge in [-0.05, 0) is 30.7 Å². The van der Waals surface area contributed by atoms with Crippen molar-refractivity contribution in [2.24, 2.45) is 11.8 Å². The number of Topliss-reactive ketones (excluding diaryl/α,β-unsaturated/α-hetero) is 1. The Kier molecular flexibility index (Phi) is 3.49. The van der Waals surface area contributed by atoms with Crippen LogP contribution in [0.4, 0.5) is 0 Å². The van der Waals surface area contributed by atoms with E-state index in [-0.39, 0.29) is 0 Å². The molecule has 1 nitrogen and oxygen atoms in total. The number of hydrogen-bond acceptors (Lipinski definition) is 1. The van der Waals surface area contributed by atoms with Gasteiger partial charge in [-0.3, -0.25) is 4.79 Å². The summed E-state index contributed by atoms with van der Waals surface area (Å²) >= 11 is 0. The summed E-state index contributed by atoms with van der Waals surface area (Å²) in [6, 6.07) is 8.42. The van der Waals surface area contributed by atoms with E-state index >= 15 is 0 Å². The summed E-state index contributed by atoms with van der Waals surface area (Å²) in [7, 11) is 0. The molecule has 3 rings (SSSR count). The van der Waals surface area contributed by atoms with Gasteiger partial charge in [0.05, 0.1) is 0 Å². The molecule has 2 aliphatic rings. The molecule has 1 heteroatoms. The summed E-state index contributed by atoms with van der Waals surface area (Å²) in [4.78, 5) is 11.9. The Balaban J connectivity index is 1.61. The molecule has 0 amide bonds. The largest absolute Gasteiger partial charge is 0.294 e. The number of carbonyl (C=O) groups excluding carboxylic acids is 1. The first-order valence-corrected chi connectivity index (χ1v) is 7.46. The minimum Gasteiger partial charge on any atom is -0.294 e. The van der Waals surface area contributed by atoms with E-state index in [1.165, 1.54) is 44.1 Å². The number of hydrogen-bond donors (Lipinski definition) is 0. The van der Waals surface area contributed by atoms with Crippen molar-refractivity contribution in [3.63, 3.8) is 0 Å². The van der Waals surface area contributed by atoms with Crippen molar-refractivity contribution in [2.75, 3.05) is 0 Å². The van der Waals surface area contributed by atoms with Crippen LogP contribution in [0.2, 0.25) is 0 Å². The average molecular weight is 242 g/mol. The summed E-state index contributed by atoms with van der Waals surface area (Å²) in [6.45, 7) is 0. The molecule has 96 valence electrons. The average Bonchev–Trinajstić information content (AvgIpc) is 3.24. The monoisotopic (exact) mass is 242 g/mol. The quantitative estimate of drug-likeness (QED) is 0.715. The molecule has 0 aromatic heterocycles. The molecular formula is C17H22O. The van der Waals surface area contributed by atoms with E-state index in [1.54, 1.807) is 0 Å². The molecule has 0 unspecified atom stereocenters. The maximum Gasteiger partial charge on any atom is 0.165 e. The van der Waals surface area contributed by atoms with E-state index < -0.39 is 0 Å². The van der Waals surface area contributed by atoms with E-state index in [0.29, 0.717) is 11.7 Å². The van der Waals surface area contributed by atoms with Crippen molar-refractivity contribution in [2.45, 2.75) is 51.4 Å². The second-order valence-electron chi connectivity index (χ2n) is 6.04. The summed E-state index contributed by atoms with van der Waals surface area (Å²) in [5.74, 6) is 1.58. The summed E-state index contributed by atoms with van der Waals surface area (Å²) in [5.41, 5.74) is 2.33. The molecule has 2 saturated carbocycles. The molecule has 1 aromatic rings. The molecule has 0 heterocycles. The maximum absolute atomic E-state index is 11.9. The van der Waals surface area contributed by atoms with Crippen LogP contribution >= 0.6 is 0 Å². The fourth-order valence-corrected chi connectivity index (χ4v) is 3.11. The number of rotatable bonds is 4. The first kappa shape index (κ1) is 12.0. The molecule has 18 heavy (non-hydrogen) atoms. The van der Waals surface area contributed by atoms with Crippen molar-refractivity contribution in [1.82, 2.24) is 0 Å². The number of benzene rings is 1. The van der Waals surface area contributed by atoms with E-state index in [0.717, 1.165) is 24.3 Å². The summed E-state index contributed by atoms with van der Waals surface area (Å²) < 4.78 is 0. The van der Waals surface area contributed by atoms with Crippen molar-refractivity contribution >= 4 is 5.78 Å². The molecule has 2 fully saturated rings. The lowest BCUT2D eigenvalue weighted by molar-refractivity contribution is 0.0967. The predicted octanol–water partition coefficient (Wildman–Crippen LogP) is 4.40. The highest BCUT2D eigenvalue weighted by Gasteiger charge is 2.30. The molecule has 2 aliphatic carbocycles. The molecule has 1 aromatic carbocycles. The van der Waals surface area contributed by atoms with Crippen LogP contribution in [0.15, 0.2) is 24.3 Å². The van der Waals surface area contributed by atoms with Gasteiger partial charge >= 0.3 is 0 Å². The van der Waals surface area contributed by atoms with E-state index in [2.05, 4.69) is 12.1 Å². The third kappa shape index (κ3) is 2.82. The smallest absolute Gasteiger partial charge is 0.165 e. The highest BCUT2D eigenvalue weighted by atomic mass is 16.1. The van der Waals surface area contributed by atoms with Crippen LogP contribution in [-0.4, -0.2) is 5.78 Å². The molecule has 0 aliphatic heterocycles. The normalized spacial score (nSPS) is 20.9. The highest BCUT2D eigenvalue weighted by Crippen LogP contribution is 2.33. The highest BCUT2D eigenvalue weighted by molar-refractivity contribution is 5.99. The molecule has 0 N–H and O–H groups in total. The topological polar surface area (TPSA) is 17.1 Å². The number of carbonyl (C=O) groups is 1. The van der Waals surface area contributed by atoms with Crippen LogP contribution in [0.5, 0.6) is 0 Å². The van der Waals surface area contributed by atoms with Gasteiger partial charge in [0, 0.05) is 11.5 Å². The minimum absolute atomic E-state index is 0.342. The molecule has 0 atom stereocenters. The second kappa shape index (κ2) is 5.26. The Morgan fingerprint density at radius 2 is 1.61 bits per heavy atom. The van der Waals surface area contributed by atoms with Crippen molar-refractivity contribution < 1.29 is 4.79 Å². The van der Waals surface area contributed by atoms with Gasteiger partial charge in [-0.2, -0.15) is 0 Å². The Morgan fingerprint density at radius 3 is 2.22 bits per heavy atom. The van der Waals surface area contributed by atoms with Crippen LogP contribution in [0.25, 0.3) is 0 Å². The first-order chi connectivity index (χ1) is 8.83. The molecule has 0 radical (unpaired) electrons. The van der Waals surface area contributed by atoms with Gasteiger partial charge < -0.3 is 0 Å². The van der Waals surface area contributed by atoms with Crippen LogP contribution in [-0.2, 0) is 6.42 Å². The Morgan fingerprint density at radius 1 is 0.944 bits per heavy atom. The van der Waals surface area contributed by atoms with Crippen molar-refractivity contribution in [3.8, 4) is 0 Å². The standard InChI is InChI=1S/C17H22O/c18-17(16-10-11-16)15-8-6-14(7-9-15)12-13-4-2-1-3-5-13/h6-9,13,16H,1-5,10-12H2. The lowest BCUT2D eigenvalue weighted by Crippen LogP contribution is -2.09. The third-order valence-corrected chi connectivity index (χ3v) is 4.44. The fraction of sp³-hybridized carbons (Fsp3) is 0.588. The minimum atomic E-state index is 0.342. The van der Waals surface area contributed by atoms with E-state index in [4.69, 9.17) is 0 Å². The molecule has 0 saturated heterocycles. The second-order valence-corrected chi connectivity index (χ2v) is 6.04. The SMILES string of the molecule is O=C(c1ccc(CC2CCCCC2)cc1)C1CC1. The number of ketones is 1. The van der Waals surface area contributed by atoms with Gasteiger partial charge in [0.2, 0.25) is 0 Å². The van der Waals surface area contributed by atoms with Gasteiger partial charge in [0.25, 0.3) is 0 Å².